The minimum Gasteiger partial charge on any atom is -0.288 e. The fraction of sp³-hybridized carbons (Fsp3) is 0.154. The summed E-state index contributed by atoms with van der Waals surface area (Å²) in [5, 5.41) is 0. The predicted molar refractivity (Wildman–Crippen MR) is 115 cm³/mol. The second-order valence-corrected chi connectivity index (χ2v) is 7.82. The highest BCUT2D eigenvalue weighted by atomic mass is 16.1. The molecule has 2 nitrogen and oxygen atoms in total. The van der Waals surface area contributed by atoms with E-state index in [1.165, 1.54) is 5.56 Å². The van der Waals surface area contributed by atoms with Gasteiger partial charge in [0, 0.05) is 11.1 Å². The van der Waals surface area contributed by atoms with Crippen molar-refractivity contribution in [1.29, 1.82) is 0 Å². The van der Waals surface area contributed by atoms with E-state index in [0.29, 0.717) is 11.1 Å². The third-order valence-corrected chi connectivity index (χ3v) is 4.65. The molecule has 0 atom stereocenters. The fourth-order valence-corrected chi connectivity index (χ4v) is 2.97. The van der Waals surface area contributed by atoms with Gasteiger partial charge in [0.15, 0.2) is 11.6 Å². The first kappa shape index (κ1) is 19.5. The van der Waals surface area contributed by atoms with Crippen molar-refractivity contribution in [3.05, 3.63) is 113 Å². The molecule has 0 spiro atoms. The third-order valence-electron chi connectivity index (χ3n) is 4.65. The van der Waals surface area contributed by atoms with E-state index >= 15 is 0 Å². The Morgan fingerprint density at radius 1 is 0.643 bits per heavy atom. The number of Topliss-reactive ketones (excluding diaryl/α,β-unsaturated/α-hetero) is 2. The maximum Gasteiger partial charge on any atom is 0.196 e. The van der Waals surface area contributed by atoms with E-state index < -0.39 is 0 Å². The monoisotopic (exact) mass is 368 g/mol. The molecule has 0 aliphatic heterocycles. The first-order chi connectivity index (χ1) is 13.4. The second-order valence-electron chi connectivity index (χ2n) is 7.82. The molecule has 0 saturated carbocycles. The summed E-state index contributed by atoms with van der Waals surface area (Å²) in [6.45, 7) is 6.46. The van der Waals surface area contributed by atoms with E-state index in [4.69, 9.17) is 0 Å². The molecule has 0 N–H and O–H groups in total. The molecule has 3 aromatic carbocycles. The molecule has 2 heteroatoms. The Balaban J connectivity index is 2.04. The number of carbonyl (C=O) groups is 2. The fourth-order valence-electron chi connectivity index (χ4n) is 2.97. The van der Waals surface area contributed by atoms with Crippen molar-refractivity contribution in [3.63, 3.8) is 0 Å². The molecule has 28 heavy (non-hydrogen) atoms. The van der Waals surface area contributed by atoms with Crippen molar-refractivity contribution in [3.8, 4) is 0 Å². The quantitative estimate of drug-likeness (QED) is 0.235. The van der Waals surface area contributed by atoms with Crippen molar-refractivity contribution in [1.82, 2.24) is 0 Å². The van der Waals surface area contributed by atoms with Gasteiger partial charge in [0.25, 0.3) is 0 Å². The van der Waals surface area contributed by atoms with E-state index in [-0.39, 0.29) is 22.6 Å². The van der Waals surface area contributed by atoms with E-state index in [0.717, 1.165) is 5.56 Å². The highest BCUT2D eigenvalue weighted by Gasteiger charge is 2.21. The number of hydrogen-bond donors (Lipinski definition) is 0. The molecule has 3 rings (SSSR count). The van der Waals surface area contributed by atoms with Crippen LogP contribution in [0.2, 0.25) is 0 Å². The van der Waals surface area contributed by atoms with Gasteiger partial charge in [-0.25, -0.2) is 0 Å². The number of carbonyl (C=O) groups excluding carboxylic acids is 2. The summed E-state index contributed by atoms with van der Waals surface area (Å²) in [7, 11) is 0. The Bertz CT molecular complexity index is 936. The Hall–Kier alpha value is -3.26. The minimum atomic E-state index is -0.269. The summed E-state index contributed by atoms with van der Waals surface area (Å²) in [6, 6.07) is 25.8. The van der Waals surface area contributed by atoms with Crippen LogP contribution in [0.3, 0.4) is 0 Å². The second kappa shape index (κ2) is 8.18. The molecule has 0 unspecified atom stereocenters. The molecule has 0 bridgehead atoms. The summed E-state index contributed by atoms with van der Waals surface area (Å²) in [6.07, 6.45) is 1.69. The topological polar surface area (TPSA) is 34.1 Å². The van der Waals surface area contributed by atoms with Crippen LogP contribution < -0.4 is 0 Å². The van der Waals surface area contributed by atoms with Gasteiger partial charge in [-0.3, -0.25) is 9.59 Å². The average Bonchev–Trinajstić information content (AvgIpc) is 2.72. The maximum absolute atomic E-state index is 13.1. The molecule has 0 aliphatic carbocycles. The van der Waals surface area contributed by atoms with Gasteiger partial charge in [0.05, 0.1) is 5.57 Å². The van der Waals surface area contributed by atoms with Gasteiger partial charge < -0.3 is 0 Å². The summed E-state index contributed by atoms with van der Waals surface area (Å²) in [4.78, 5) is 26.2. The van der Waals surface area contributed by atoms with Gasteiger partial charge >= 0.3 is 0 Å². The molecule has 0 heterocycles. The zero-order valence-corrected chi connectivity index (χ0v) is 16.5. The average molecular weight is 368 g/mol. The molecular formula is C26H24O2. The Morgan fingerprint density at radius 3 is 1.46 bits per heavy atom. The van der Waals surface area contributed by atoms with Crippen LogP contribution in [0.5, 0.6) is 0 Å². The third kappa shape index (κ3) is 4.52. The normalized spacial score (nSPS) is 11.0. The number of benzene rings is 3. The largest absolute Gasteiger partial charge is 0.288 e. The van der Waals surface area contributed by atoms with Gasteiger partial charge in [0.2, 0.25) is 0 Å². The highest BCUT2D eigenvalue weighted by molar-refractivity contribution is 6.33. The van der Waals surface area contributed by atoms with Crippen molar-refractivity contribution in [2.24, 2.45) is 0 Å². The summed E-state index contributed by atoms with van der Waals surface area (Å²) < 4.78 is 0. The molecule has 0 amide bonds. The lowest BCUT2D eigenvalue weighted by Gasteiger charge is -2.18. The van der Waals surface area contributed by atoms with E-state index in [1.54, 1.807) is 54.6 Å². The van der Waals surface area contributed by atoms with E-state index in [2.05, 4.69) is 20.8 Å². The molecule has 140 valence electrons. The number of ketones is 2. The van der Waals surface area contributed by atoms with Crippen LogP contribution in [-0.2, 0) is 5.41 Å². The lowest BCUT2D eigenvalue weighted by molar-refractivity contribution is 0.0964. The zero-order chi connectivity index (χ0) is 20.1. The molecule has 0 aromatic heterocycles. The van der Waals surface area contributed by atoms with E-state index in [9.17, 15) is 9.59 Å². The van der Waals surface area contributed by atoms with Crippen LogP contribution in [0.25, 0.3) is 6.08 Å². The highest BCUT2D eigenvalue weighted by Crippen LogP contribution is 2.24. The number of allylic oxidation sites excluding steroid dienone is 1. The molecular weight excluding hydrogens is 344 g/mol. The molecule has 0 saturated heterocycles. The van der Waals surface area contributed by atoms with Gasteiger partial charge in [-0.2, -0.15) is 0 Å². The standard InChI is InChI=1S/C26H24O2/c1-26(2,3)22-16-14-19(15-17-22)18-23(24(27)20-10-6-4-7-11-20)25(28)21-12-8-5-9-13-21/h4-18H,1-3H3. The number of hydrogen-bond acceptors (Lipinski definition) is 2. The summed E-state index contributed by atoms with van der Waals surface area (Å²) in [5.41, 5.74) is 3.26. The molecule has 0 fully saturated rings. The lowest BCUT2D eigenvalue weighted by atomic mass is 9.86. The van der Waals surface area contributed by atoms with Gasteiger partial charge in [-0.05, 0) is 22.6 Å². The van der Waals surface area contributed by atoms with Crippen LogP contribution in [0.4, 0.5) is 0 Å². The molecule has 3 aromatic rings. The Labute approximate surface area is 166 Å². The lowest BCUT2D eigenvalue weighted by Crippen LogP contribution is -2.14. The summed E-state index contributed by atoms with van der Waals surface area (Å²) >= 11 is 0. The predicted octanol–water partition coefficient (Wildman–Crippen LogP) is 6.13. The Kier molecular flexibility index (Phi) is 5.70. The van der Waals surface area contributed by atoms with Gasteiger partial charge in [-0.15, -0.1) is 0 Å². The first-order valence-electron chi connectivity index (χ1n) is 9.38. The van der Waals surface area contributed by atoms with Crippen molar-refractivity contribution < 1.29 is 9.59 Å². The first-order valence-corrected chi connectivity index (χ1v) is 9.38. The van der Waals surface area contributed by atoms with Gasteiger partial charge in [-0.1, -0.05) is 106 Å². The number of rotatable bonds is 5. The minimum absolute atomic E-state index is 0.0464. The van der Waals surface area contributed by atoms with E-state index in [1.807, 2.05) is 36.4 Å². The van der Waals surface area contributed by atoms with Crippen molar-refractivity contribution in [2.75, 3.05) is 0 Å². The van der Waals surface area contributed by atoms with Crippen molar-refractivity contribution in [2.45, 2.75) is 26.2 Å². The van der Waals surface area contributed by atoms with Crippen LogP contribution in [0.15, 0.2) is 90.5 Å². The molecule has 0 radical (unpaired) electrons. The van der Waals surface area contributed by atoms with Crippen LogP contribution >= 0.6 is 0 Å². The Morgan fingerprint density at radius 2 is 1.07 bits per heavy atom. The van der Waals surface area contributed by atoms with Crippen LogP contribution in [0.1, 0.15) is 52.6 Å². The molecule has 0 aliphatic rings. The SMILES string of the molecule is CC(C)(C)c1ccc(C=C(C(=O)c2ccccc2)C(=O)c2ccccc2)cc1. The van der Waals surface area contributed by atoms with Gasteiger partial charge in [0.1, 0.15) is 0 Å². The maximum atomic E-state index is 13.1. The van der Waals surface area contributed by atoms with Crippen LogP contribution in [0, 0.1) is 0 Å². The van der Waals surface area contributed by atoms with Crippen molar-refractivity contribution >= 4 is 17.6 Å². The van der Waals surface area contributed by atoms with Crippen LogP contribution in [-0.4, -0.2) is 11.6 Å². The zero-order valence-electron chi connectivity index (χ0n) is 16.5. The smallest absolute Gasteiger partial charge is 0.196 e. The summed E-state index contributed by atoms with van der Waals surface area (Å²) in [5.74, 6) is -0.538.